The summed E-state index contributed by atoms with van der Waals surface area (Å²) in [6, 6.07) is 18.0. The fourth-order valence-electron chi connectivity index (χ4n) is 3.21. The Balaban J connectivity index is 1.49. The molecule has 2 aromatic heterocycles. The van der Waals surface area contributed by atoms with Gasteiger partial charge in [0.1, 0.15) is 0 Å². The Morgan fingerprint density at radius 2 is 1.94 bits per heavy atom. The number of nitrogen functional groups attached to an aromatic ring is 1. The molecular weight excluding hydrogens is 429 g/mol. The Kier molecular flexibility index (Phi) is 6.28. The SMILES string of the molecule is Nc1ccc(-c2ccsc2)cc1NC(=O)c1ccc(Cc2ccccc2[PH](=O)O)nc1. The maximum Gasteiger partial charge on any atom is 0.257 e. The average molecular weight is 449 g/mol. The maximum atomic E-state index is 12.7. The van der Waals surface area contributed by atoms with E-state index in [-0.39, 0.29) is 5.91 Å². The minimum atomic E-state index is -2.79. The number of nitrogens with one attached hydrogen (secondary N) is 1. The van der Waals surface area contributed by atoms with Gasteiger partial charge in [-0.25, -0.2) is 0 Å². The molecule has 0 spiro atoms. The molecule has 1 atom stereocenters. The number of anilines is 2. The molecule has 0 saturated carbocycles. The molecule has 8 heteroatoms. The number of aromatic nitrogens is 1. The van der Waals surface area contributed by atoms with E-state index in [0.717, 1.165) is 16.7 Å². The number of carbonyl (C=O) groups excluding carboxylic acids is 1. The third-order valence-electron chi connectivity index (χ3n) is 4.86. The fourth-order valence-corrected chi connectivity index (χ4v) is 4.56. The van der Waals surface area contributed by atoms with Crippen LogP contribution in [0, 0.1) is 0 Å². The van der Waals surface area contributed by atoms with Crippen molar-refractivity contribution >= 4 is 42.0 Å². The topological polar surface area (TPSA) is 105 Å². The largest absolute Gasteiger partial charge is 0.397 e. The monoisotopic (exact) mass is 449 g/mol. The van der Waals surface area contributed by atoms with Crippen LogP contribution in [0.15, 0.2) is 77.6 Å². The normalized spacial score (nSPS) is 11.8. The van der Waals surface area contributed by atoms with E-state index in [2.05, 4.69) is 10.3 Å². The Morgan fingerprint density at radius 3 is 2.65 bits per heavy atom. The number of carbonyl (C=O) groups is 1. The van der Waals surface area contributed by atoms with Crippen LogP contribution in [0.1, 0.15) is 21.6 Å². The minimum absolute atomic E-state index is 0.311. The van der Waals surface area contributed by atoms with Crippen molar-refractivity contribution in [3.05, 3.63) is 94.4 Å². The lowest BCUT2D eigenvalue weighted by molar-refractivity contribution is 0.102. The molecule has 0 radical (unpaired) electrons. The van der Waals surface area contributed by atoms with Crippen LogP contribution in [0.2, 0.25) is 0 Å². The lowest BCUT2D eigenvalue weighted by Gasteiger charge is -2.11. The number of rotatable bonds is 6. The first kappa shape index (κ1) is 21.0. The van der Waals surface area contributed by atoms with Crippen molar-refractivity contribution in [2.45, 2.75) is 6.42 Å². The molecule has 1 amide bonds. The highest BCUT2D eigenvalue weighted by molar-refractivity contribution is 7.47. The highest BCUT2D eigenvalue weighted by atomic mass is 32.1. The molecule has 2 heterocycles. The predicted octanol–water partition coefficient (Wildman–Crippen LogP) is 4.33. The Bertz CT molecular complexity index is 1240. The third kappa shape index (κ3) is 4.91. The number of hydrogen-bond donors (Lipinski definition) is 3. The second-order valence-corrected chi connectivity index (χ2v) is 8.87. The molecular formula is C23H20N3O3PS. The van der Waals surface area contributed by atoms with Gasteiger partial charge < -0.3 is 15.9 Å². The lowest BCUT2D eigenvalue weighted by Crippen LogP contribution is -2.14. The van der Waals surface area contributed by atoms with Crippen LogP contribution in [0.3, 0.4) is 0 Å². The molecule has 156 valence electrons. The summed E-state index contributed by atoms with van der Waals surface area (Å²) < 4.78 is 11.6. The first-order valence-electron chi connectivity index (χ1n) is 9.51. The number of nitrogens with zero attached hydrogens (tertiary/aromatic N) is 1. The van der Waals surface area contributed by atoms with E-state index in [4.69, 9.17) is 5.73 Å². The van der Waals surface area contributed by atoms with Crippen LogP contribution < -0.4 is 16.4 Å². The molecule has 31 heavy (non-hydrogen) atoms. The summed E-state index contributed by atoms with van der Waals surface area (Å²) in [6.45, 7) is 0. The van der Waals surface area contributed by atoms with Crippen LogP contribution in [0.5, 0.6) is 0 Å². The van der Waals surface area contributed by atoms with Gasteiger partial charge in [-0.1, -0.05) is 24.3 Å². The van der Waals surface area contributed by atoms with Crippen molar-refractivity contribution in [3.8, 4) is 11.1 Å². The molecule has 1 unspecified atom stereocenters. The van der Waals surface area contributed by atoms with Crippen molar-refractivity contribution in [1.29, 1.82) is 0 Å². The van der Waals surface area contributed by atoms with E-state index >= 15 is 0 Å². The van der Waals surface area contributed by atoms with Gasteiger partial charge in [-0.15, -0.1) is 0 Å². The summed E-state index contributed by atoms with van der Waals surface area (Å²) >= 11 is 1.60. The second-order valence-electron chi connectivity index (χ2n) is 6.95. The number of thiophene rings is 1. The van der Waals surface area contributed by atoms with Crippen molar-refractivity contribution in [2.75, 3.05) is 11.1 Å². The van der Waals surface area contributed by atoms with Crippen LogP contribution in [0.25, 0.3) is 11.1 Å². The van der Waals surface area contributed by atoms with Gasteiger partial charge in [0.05, 0.1) is 16.9 Å². The summed E-state index contributed by atoms with van der Waals surface area (Å²) in [4.78, 5) is 26.6. The molecule has 0 aliphatic carbocycles. The van der Waals surface area contributed by atoms with E-state index in [1.54, 1.807) is 47.7 Å². The first-order chi connectivity index (χ1) is 15.0. The molecule has 0 aliphatic heterocycles. The van der Waals surface area contributed by atoms with Gasteiger partial charge in [0.25, 0.3) is 5.91 Å². The molecule has 4 rings (SSSR count). The molecule has 0 bridgehead atoms. The molecule has 4 aromatic rings. The smallest absolute Gasteiger partial charge is 0.257 e. The second kappa shape index (κ2) is 9.27. The summed E-state index contributed by atoms with van der Waals surface area (Å²) in [5, 5.41) is 7.31. The molecule has 0 saturated heterocycles. The van der Waals surface area contributed by atoms with E-state index in [1.165, 1.54) is 6.20 Å². The Hall–Kier alpha value is -3.25. The van der Waals surface area contributed by atoms with E-state index in [9.17, 15) is 14.3 Å². The summed E-state index contributed by atoms with van der Waals surface area (Å²) in [7, 11) is -2.79. The van der Waals surface area contributed by atoms with Crippen LogP contribution in [0.4, 0.5) is 11.4 Å². The summed E-state index contributed by atoms with van der Waals surface area (Å²) in [5.41, 5.74) is 11.0. The number of amides is 1. The van der Waals surface area contributed by atoms with E-state index < -0.39 is 8.03 Å². The average Bonchev–Trinajstić information content (AvgIpc) is 3.31. The Labute approximate surface area is 184 Å². The van der Waals surface area contributed by atoms with Crippen LogP contribution in [-0.4, -0.2) is 15.8 Å². The molecule has 4 N–H and O–H groups in total. The fraction of sp³-hybridized carbons (Fsp3) is 0.0435. The van der Waals surface area contributed by atoms with Gasteiger partial charge in [-0.2, -0.15) is 11.3 Å². The number of hydrogen-bond acceptors (Lipinski definition) is 5. The van der Waals surface area contributed by atoms with E-state index in [0.29, 0.717) is 34.4 Å². The van der Waals surface area contributed by atoms with Gasteiger partial charge in [0.2, 0.25) is 8.03 Å². The molecule has 0 fully saturated rings. The lowest BCUT2D eigenvalue weighted by atomic mass is 10.1. The van der Waals surface area contributed by atoms with Crippen molar-refractivity contribution < 1.29 is 14.3 Å². The van der Waals surface area contributed by atoms with Gasteiger partial charge in [-0.05, 0) is 63.8 Å². The molecule has 2 aromatic carbocycles. The van der Waals surface area contributed by atoms with Gasteiger partial charge in [0, 0.05) is 23.6 Å². The van der Waals surface area contributed by atoms with Crippen molar-refractivity contribution in [3.63, 3.8) is 0 Å². The zero-order valence-electron chi connectivity index (χ0n) is 16.4. The predicted molar refractivity (Wildman–Crippen MR) is 126 cm³/mol. The third-order valence-corrected chi connectivity index (χ3v) is 6.49. The quantitative estimate of drug-likeness (QED) is 0.300. The van der Waals surface area contributed by atoms with Crippen molar-refractivity contribution in [1.82, 2.24) is 4.98 Å². The summed E-state index contributed by atoms with van der Waals surface area (Å²) in [6.07, 6.45) is 1.90. The zero-order valence-corrected chi connectivity index (χ0v) is 18.2. The number of benzene rings is 2. The van der Waals surface area contributed by atoms with Crippen LogP contribution >= 0.6 is 19.4 Å². The molecule has 0 aliphatic rings. The number of nitrogens with two attached hydrogens (primary N) is 1. The first-order valence-corrected chi connectivity index (χ1v) is 11.8. The minimum Gasteiger partial charge on any atom is -0.397 e. The highest BCUT2D eigenvalue weighted by Crippen LogP contribution is 2.29. The highest BCUT2D eigenvalue weighted by Gasteiger charge is 2.12. The van der Waals surface area contributed by atoms with Gasteiger partial charge in [-0.3, -0.25) is 14.3 Å². The zero-order chi connectivity index (χ0) is 21.8. The van der Waals surface area contributed by atoms with Crippen LogP contribution in [-0.2, 0) is 11.0 Å². The standard InChI is InChI=1S/C23H20N3O3PS/c24-20-8-6-15(18-9-10-31-14-18)12-21(20)26-23(27)17-5-7-19(25-13-17)11-16-3-1-2-4-22(16)30(28)29/h1-10,12-14,30H,11,24H2,(H,26,27)(H,28,29). The Morgan fingerprint density at radius 1 is 1.10 bits per heavy atom. The number of pyridine rings is 1. The van der Waals surface area contributed by atoms with Gasteiger partial charge >= 0.3 is 0 Å². The maximum absolute atomic E-state index is 12.7. The van der Waals surface area contributed by atoms with E-state index in [1.807, 2.05) is 35.0 Å². The van der Waals surface area contributed by atoms with Gasteiger partial charge in [0.15, 0.2) is 0 Å². The molecule has 6 nitrogen and oxygen atoms in total. The summed E-state index contributed by atoms with van der Waals surface area (Å²) in [5.74, 6) is -0.311. The van der Waals surface area contributed by atoms with Crippen molar-refractivity contribution in [2.24, 2.45) is 0 Å².